The molecule has 6 heteroatoms. The fraction of sp³-hybridized carbons (Fsp3) is 0.714. The van der Waals surface area contributed by atoms with E-state index in [4.69, 9.17) is 0 Å². The summed E-state index contributed by atoms with van der Waals surface area (Å²) in [6.45, 7) is 12.1. The summed E-state index contributed by atoms with van der Waals surface area (Å²) in [5.74, 6) is -0.738. The van der Waals surface area contributed by atoms with Crippen LogP contribution < -0.4 is 5.32 Å². The van der Waals surface area contributed by atoms with Crippen molar-refractivity contribution in [2.75, 3.05) is 26.2 Å². The van der Waals surface area contributed by atoms with Crippen LogP contribution in [0.15, 0.2) is 0 Å². The second-order valence-corrected chi connectivity index (χ2v) is 6.99. The van der Waals surface area contributed by atoms with Gasteiger partial charge in [-0.05, 0) is 19.8 Å². The highest BCUT2D eigenvalue weighted by atomic mass is 32.1. The minimum atomic E-state index is -0.867. The van der Waals surface area contributed by atoms with Crippen LogP contribution in [-0.4, -0.2) is 47.1 Å². The molecule has 112 valence electrons. The van der Waals surface area contributed by atoms with E-state index in [-0.39, 0.29) is 11.5 Å². The highest BCUT2D eigenvalue weighted by Gasteiger charge is 2.34. The lowest BCUT2D eigenvalue weighted by atomic mass is 10.0. The Bertz CT molecular complexity index is 491. The van der Waals surface area contributed by atoms with Crippen molar-refractivity contribution >= 4 is 17.3 Å². The van der Waals surface area contributed by atoms with Crippen molar-refractivity contribution in [1.29, 1.82) is 0 Å². The van der Waals surface area contributed by atoms with Gasteiger partial charge < -0.3 is 10.4 Å². The molecule has 1 saturated heterocycles. The summed E-state index contributed by atoms with van der Waals surface area (Å²) in [5, 5.41) is 13.6. The number of rotatable bonds is 4. The number of carboxylic acid groups (broad SMARTS) is 1. The van der Waals surface area contributed by atoms with E-state index in [2.05, 4.69) is 29.0 Å². The Hall–Kier alpha value is -0.980. The molecule has 0 amide bonds. The second-order valence-electron chi connectivity index (χ2n) is 5.99. The molecule has 1 aromatic rings. The van der Waals surface area contributed by atoms with E-state index in [1.165, 1.54) is 11.3 Å². The van der Waals surface area contributed by atoms with Gasteiger partial charge in [-0.25, -0.2) is 9.78 Å². The van der Waals surface area contributed by atoms with Gasteiger partial charge in [-0.1, -0.05) is 13.8 Å². The summed E-state index contributed by atoms with van der Waals surface area (Å²) < 4.78 is 0. The molecule has 0 bridgehead atoms. The molecule has 0 unspecified atom stereocenters. The van der Waals surface area contributed by atoms with E-state index in [9.17, 15) is 9.90 Å². The second kappa shape index (κ2) is 5.79. The Labute approximate surface area is 124 Å². The molecule has 5 nitrogen and oxygen atoms in total. The zero-order valence-electron chi connectivity index (χ0n) is 12.6. The van der Waals surface area contributed by atoms with Gasteiger partial charge in [0, 0.05) is 26.2 Å². The number of hydrogen-bond donors (Lipinski definition) is 2. The van der Waals surface area contributed by atoms with Crippen molar-refractivity contribution in [2.24, 2.45) is 0 Å². The maximum Gasteiger partial charge on any atom is 0.347 e. The van der Waals surface area contributed by atoms with E-state index in [0.29, 0.717) is 10.6 Å². The van der Waals surface area contributed by atoms with Gasteiger partial charge in [-0.3, -0.25) is 4.90 Å². The largest absolute Gasteiger partial charge is 0.477 e. The van der Waals surface area contributed by atoms with E-state index in [1.807, 2.05) is 13.8 Å². The fourth-order valence-electron chi connectivity index (χ4n) is 2.50. The first-order valence-electron chi connectivity index (χ1n) is 7.04. The third kappa shape index (κ3) is 2.87. The molecule has 1 aromatic heterocycles. The van der Waals surface area contributed by atoms with Gasteiger partial charge in [0.05, 0.1) is 11.2 Å². The minimum absolute atomic E-state index is 0.130. The Morgan fingerprint density at radius 1 is 1.40 bits per heavy atom. The summed E-state index contributed by atoms with van der Waals surface area (Å²) >= 11 is 1.32. The highest BCUT2D eigenvalue weighted by molar-refractivity contribution is 7.13. The third-order valence-electron chi connectivity index (χ3n) is 3.83. The van der Waals surface area contributed by atoms with Crippen LogP contribution in [-0.2, 0) is 5.54 Å². The lowest BCUT2D eigenvalue weighted by molar-refractivity contribution is 0.0700. The number of aromatic nitrogens is 1. The molecule has 0 aliphatic carbocycles. The number of aromatic carboxylic acids is 1. The van der Waals surface area contributed by atoms with Crippen LogP contribution >= 0.6 is 11.3 Å². The molecule has 1 aliphatic heterocycles. The molecule has 2 N–H and O–H groups in total. The molecule has 2 heterocycles. The molecule has 0 atom stereocenters. The predicted molar refractivity (Wildman–Crippen MR) is 80.6 cm³/mol. The number of nitrogens with zero attached hydrogens (tertiary/aromatic N) is 2. The molecule has 0 saturated carbocycles. The number of carboxylic acids is 1. The van der Waals surface area contributed by atoms with Crippen LogP contribution in [0.5, 0.6) is 0 Å². The van der Waals surface area contributed by atoms with E-state index in [1.54, 1.807) is 0 Å². The van der Waals surface area contributed by atoms with Gasteiger partial charge in [-0.2, -0.15) is 0 Å². The molecule has 2 rings (SSSR count). The quantitative estimate of drug-likeness (QED) is 0.891. The fourth-order valence-corrected chi connectivity index (χ4v) is 3.69. The SMILES string of the molecule is CC(C)c1nc(C(C)(C)N2CCNCC2)sc1C(=O)O. The standard InChI is InChI=1S/C14H23N3O2S/c1-9(2)10-11(12(18)19)20-13(16-10)14(3,4)17-7-5-15-6-8-17/h9,15H,5-8H2,1-4H3,(H,18,19). The molecule has 0 radical (unpaired) electrons. The Kier molecular flexibility index (Phi) is 4.46. The van der Waals surface area contributed by atoms with Crippen molar-refractivity contribution in [1.82, 2.24) is 15.2 Å². The van der Waals surface area contributed by atoms with Crippen LogP contribution in [0, 0.1) is 0 Å². The van der Waals surface area contributed by atoms with Gasteiger partial charge in [0.2, 0.25) is 0 Å². The van der Waals surface area contributed by atoms with Gasteiger partial charge in [0.1, 0.15) is 9.88 Å². The number of piperazine rings is 1. The molecule has 20 heavy (non-hydrogen) atoms. The van der Waals surface area contributed by atoms with E-state index >= 15 is 0 Å². The van der Waals surface area contributed by atoms with Crippen LogP contribution in [0.2, 0.25) is 0 Å². The smallest absolute Gasteiger partial charge is 0.347 e. The summed E-state index contributed by atoms with van der Waals surface area (Å²) in [5.41, 5.74) is 0.491. The van der Waals surface area contributed by atoms with Crippen LogP contribution in [0.3, 0.4) is 0 Å². The van der Waals surface area contributed by atoms with Gasteiger partial charge in [-0.15, -0.1) is 11.3 Å². The van der Waals surface area contributed by atoms with E-state index < -0.39 is 5.97 Å². The Balaban J connectivity index is 2.35. The van der Waals surface area contributed by atoms with Crippen LogP contribution in [0.4, 0.5) is 0 Å². The van der Waals surface area contributed by atoms with Gasteiger partial charge in [0.25, 0.3) is 0 Å². The molecular formula is C14H23N3O2S. The number of hydrogen-bond acceptors (Lipinski definition) is 5. The predicted octanol–water partition coefficient (Wildman–Crippen LogP) is 2.10. The maximum absolute atomic E-state index is 11.4. The molecule has 1 fully saturated rings. The first kappa shape index (κ1) is 15.4. The Morgan fingerprint density at radius 3 is 2.45 bits per heavy atom. The molecular weight excluding hydrogens is 274 g/mol. The average Bonchev–Trinajstić information content (AvgIpc) is 2.85. The normalized spacial score (nSPS) is 17.6. The monoisotopic (exact) mass is 297 g/mol. The van der Waals surface area contributed by atoms with Crippen LogP contribution in [0.1, 0.15) is 54.0 Å². The van der Waals surface area contributed by atoms with Crippen molar-refractivity contribution in [2.45, 2.75) is 39.2 Å². The number of thiazole rings is 1. The van der Waals surface area contributed by atoms with Gasteiger partial charge >= 0.3 is 5.97 Å². The van der Waals surface area contributed by atoms with Crippen molar-refractivity contribution in [3.05, 3.63) is 15.6 Å². The van der Waals surface area contributed by atoms with Gasteiger partial charge in [0.15, 0.2) is 0 Å². The summed E-state index contributed by atoms with van der Waals surface area (Å²) in [6, 6.07) is 0. The summed E-state index contributed by atoms with van der Waals surface area (Å²) in [6.07, 6.45) is 0. The first-order valence-corrected chi connectivity index (χ1v) is 7.86. The number of carbonyl (C=O) groups is 1. The maximum atomic E-state index is 11.4. The molecule has 1 aliphatic rings. The van der Waals surface area contributed by atoms with Crippen LogP contribution in [0.25, 0.3) is 0 Å². The van der Waals surface area contributed by atoms with E-state index in [0.717, 1.165) is 31.2 Å². The minimum Gasteiger partial charge on any atom is -0.477 e. The van der Waals surface area contributed by atoms with Crippen molar-refractivity contribution < 1.29 is 9.90 Å². The molecule has 0 aromatic carbocycles. The zero-order valence-corrected chi connectivity index (χ0v) is 13.4. The molecule has 0 spiro atoms. The Morgan fingerprint density at radius 2 is 2.00 bits per heavy atom. The van der Waals surface area contributed by atoms with Crippen molar-refractivity contribution in [3.8, 4) is 0 Å². The number of nitrogens with one attached hydrogen (secondary N) is 1. The third-order valence-corrected chi connectivity index (χ3v) is 5.20. The zero-order chi connectivity index (χ0) is 14.9. The average molecular weight is 297 g/mol. The first-order chi connectivity index (χ1) is 9.34. The summed E-state index contributed by atoms with van der Waals surface area (Å²) in [4.78, 5) is 18.8. The topological polar surface area (TPSA) is 65.5 Å². The summed E-state index contributed by atoms with van der Waals surface area (Å²) in [7, 11) is 0. The van der Waals surface area contributed by atoms with Crippen molar-refractivity contribution in [3.63, 3.8) is 0 Å². The highest BCUT2D eigenvalue weighted by Crippen LogP contribution is 2.35. The lowest BCUT2D eigenvalue weighted by Crippen LogP contribution is -2.51. The lowest BCUT2D eigenvalue weighted by Gasteiger charge is -2.39.